The number of unbranched alkanes of at least 4 members (excludes halogenated alkanes) is 1. The van der Waals surface area contributed by atoms with Crippen molar-refractivity contribution in [2.75, 3.05) is 17.1 Å². The van der Waals surface area contributed by atoms with Gasteiger partial charge in [0, 0.05) is 6.07 Å². The van der Waals surface area contributed by atoms with E-state index in [-0.39, 0.29) is 18.2 Å². The lowest BCUT2D eigenvalue weighted by molar-refractivity contribution is 0.306. The first-order valence-corrected chi connectivity index (χ1v) is 7.82. The molecule has 112 valence electrons. The summed E-state index contributed by atoms with van der Waals surface area (Å²) in [6.07, 6.45) is 1.42. The molecule has 8 heteroatoms. The Morgan fingerprint density at radius 2 is 2.25 bits per heavy atom. The van der Waals surface area contributed by atoms with Crippen molar-refractivity contribution >= 4 is 21.5 Å². The number of ether oxygens (including phenoxy) is 1. The normalized spacial score (nSPS) is 12.2. The van der Waals surface area contributed by atoms with Crippen molar-refractivity contribution in [3.05, 3.63) is 24.3 Å². The van der Waals surface area contributed by atoms with Crippen LogP contribution in [0.3, 0.4) is 0 Å². The molecular weight excluding hydrogens is 282 g/mol. The van der Waals surface area contributed by atoms with E-state index in [1.165, 1.54) is 6.07 Å². The highest BCUT2D eigenvalue weighted by atomic mass is 32.2. The van der Waals surface area contributed by atoms with E-state index in [2.05, 4.69) is 9.88 Å². The van der Waals surface area contributed by atoms with Gasteiger partial charge in [-0.1, -0.05) is 24.6 Å². The summed E-state index contributed by atoms with van der Waals surface area (Å²) in [6.45, 7) is 1.85. The van der Waals surface area contributed by atoms with E-state index in [0.717, 1.165) is 6.42 Å². The quantitative estimate of drug-likeness (QED) is 0.290. The summed E-state index contributed by atoms with van der Waals surface area (Å²) in [7, 11) is -3.34. The number of nitrogens with one attached hydrogen (secondary N) is 1. The van der Waals surface area contributed by atoms with Gasteiger partial charge in [-0.05, 0) is 18.6 Å². The van der Waals surface area contributed by atoms with Crippen molar-refractivity contribution in [3.63, 3.8) is 0 Å². The molecule has 0 aliphatic carbocycles. The molecule has 1 aromatic rings. The Bertz CT molecular complexity index is 558. The molecule has 0 aromatic heterocycles. The molecule has 1 aromatic carbocycles. The number of nitrogens with two attached hydrogens (primary N) is 1. The fourth-order valence-corrected chi connectivity index (χ4v) is 2.66. The number of hydrogen-bond acceptors (Lipinski definition) is 5. The van der Waals surface area contributed by atoms with Crippen LogP contribution in [-0.2, 0) is 10.0 Å². The van der Waals surface area contributed by atoms with Gasteiger partial charge >= 0.3 is 0 Å². The Kier molecular flexibility index (Phi) is 6.10. The number of amidine groups is 1. The van der Waals surface area contributed by atoms with Crippen LogP contribution < -0.4 is 15.2 Å². The van der Waals surface area contributed by atoms with Crippen LogP contribution in [0.15, 0.2) is 29.4 Å². The molecule has 20 heavy (non-hydrogen) atoms. The van der Waals surface area contributed by atoms with Crippen LogP contribution in [0.4, 0.5) is 5.69 Å². The lowest BCUT2D eigenvalue weighted by atomic mass is 10.3. The molecule has 0 fully saturated rings. The Balaban J connectivity index is 2.68. The lowest BCUT2D eigenvalue weighted by Gasteiger charge is -2.10. The van der Waals surface area contributed by atoms with E-state index in [4.69, 9.17) is 15.7 Å². The maximum atomic E-state index is 11.8. The number of anilines is 1. The Morgan fingerprint density at radius 1 is 1.50 bits per heavy atom. The molecule has 0 aliphatic rings. The molecule has 7 nitrogen and oxygen atoms in total. The molecule has 0 heterocycles. The van der Waals surface area contributed by atoms with Gasteiger partial charge in [-0.25, -0.2) is 8.42 Å². The summed E-state index contributed by atoms with van der Waals surface area (Å²) < 4.78 is 31.2. The SMILES string of the molecule is CCCCS(=O)(=O)Nc1cccc(OC/C(N)=N/O)c1. The smallest absolute Gasteiger partial charge is 0.232 e. The highest BCUT2D eigenvalue weighted by molar-refractivity contribution is 7.92. The number of hydrogen-bond donors (Lipinski definition) is 3. The molecule has 0 unspecified atom stereocenters. The molecule has 0 spiro atoms. The standard InChI is InChI=1S/C12H19N3O4S/c1-2-3-7-20(17,18)15-10-5-4-6-11(8-10)19-9-12(13)14-16/h4-6,8,15-16H,2-3,7,9H2,1H3,(H2,13,14). The van der Waals surface area contributed by atoms with Gasteiger partial charge in [0.15, 0.2) is 5.84 Å². The molecule has 0 saturated carbocycles. The zero-order valence-electron chi connectivity index (χ0n) is 11.2. The van der Waals surface area contributed by atoms with Crippen LogP contribution in [0.2, 0.25) is 0 Å². The highest BCUT2D eigenvalue weighted by Gasteiger charge is 2.10. The predicted molar refractivity (Wildman–Crippen MR) is 77.7 cm³/mol. The number of nitrogens with zero attached hydrogens (tertiary/aromatic N) is 1. The molecular formula is C12H19N3O4S. The Morgan fingerprint density at radius 3 is 2.90 bits per heavy atom. The molecule has 4 N–H and O–H groups in total. The first-order chi connectivity index (χ1) is 9.46. The molecule has 0 amide bonds. The van der Waals surface area contributed by atoms with Gasteiger partial charge in [-0.2, -0.15) is 0 Å². The minimum absolute atomic E-state index is 0.0704. The van der Waals surface area contributed by atoms with Crippen LogP contribution in [0.25, 0.3) is 0 Å². The summed E-state index contributed by atoms with van der Waals surface area (Å²) >= 11 is 0. The third kappa shape index (κ3) is 5.79. The van der Waals surface area contributed by atoms with Gasteiger partial charge in [-0.3, -0.25) is 4.72 Å². The van der Waals surface area contributed by atoms with Crippen LogP contribution >= 0.6 is 0 Å². The predicted octanol–water partition coefficient (Wildman–Crippen LogP) is 1.35. The van der Waals surface area contributed by atoms with Gasteiger partial charge in [0.2, 0.25) is 10.0 Å². The van der Waals surface area contributed by atoms with Crippen LogP contribution in [0.5, 0.6) is 5.75 Å². The Labute approximate surface area is 118 Å². The maximum absolute atomic E-state index is 11.8. The topological polar surface area (TPSA) is 114 Å². The van der Waals surface area contributed by atoms with Crippen molar-refractivity contribution in [2.24, 2.45) is 10.9 Å². The van der Waals surface area contributed by atoms with Crippen molar-refractivity contribution in [2.45, 2.75) is 19.8 Å². The van der Waals surface area contributed by atoms with Gasteiger partial charge in [0.1, 0.15) is 12.4 Å². The molecule has 0 saturated heterocycles. The third-order valence-corrected chi connectivity index (χ3v) is 3.76. The number of oxime groups is 1. The molecule has 0 radical (unpaired) electrons. The fourth-order valence-electron chi connectivity index (χ4n) is 1.40. The second-order valence-corrected chi connectivity index (χ2v) is 6.02. The molecule has 0 aliphatic heterocycles. The number of benzene rings is 1. The van der Waals surface area contributed by atoms with Gasteiger partial charge in [-0.15, -0.1) is 0 Å². The van der Waals surface area contributed by atoms with Crippen molar-refractivity contribution in [1.82, 2.24) is 0 Å². The molecule has 0 atom stereocenters. The monoisotopic (exact) mass is 301 g/mol. The van der Waals surface area contributed by atoms with Crippen LogP contribution in [0.1, 0.15) is 19.8 Å². The van der Waals surface area contributed by atoms with E-state index in [9.17, 15) is 8.42 Å². The summed E-state index contributed by atoms with van der Waals surface area (Å²) in [5.74, 6) is 0.435. The lowest BCUT2D eigenvalue weighted by Crippen LogP contribution is -2.21. The van der Waals surface area contributed by atoms with Crippen molar-refractivity contribution < 1.29 is 18.4 Å². The average Bonchev–Trinajstić information content (AvgIpc) is 2.42. The second kappa shape index (κ2) is 7.59. The fraction of sp³-hybridized carbons (Fsp3) is 0.417. The van der Waals surface area contributed by atoms with Crippen molar-refractivity contribution in [3.8, 4) is 5.75 Å². The van der Waals surface area contributed by atoms with Crippen LogP contribution in [-0.4, -0.2) is 31.8 Å². The van der Waals surface area contributed by atoms with E-state index >= 15 is 0 Å². The van der Waals surface area contributed by atoms with Gasteiger partial charge in [0.05, 0.1) is 11.4 Å². The summed E-state index contributed by atoms with van der Waals surface area (Å²) in [4.78, 5) is 0. The Hall–Kier alpha value is -1.96. The first-order valence-electron chi connectivity index (χ1n) is 6.16. The van der Waals surface area contributed by atoms with E-state index < -0.39 is 10.0 Å². The molecule has 1 rings (SSSR count). The largest absolute Gasteiger partial charge is 0.485 e. The van der Waals surface area contributed by atoms with E-state index in [0.29, 0.717) is 17.9 Å². The maximum Gasteiger partial charge on any atom is 0.232 e. The first kappa shape index (κ1) is 16.1. The third-order valence-electron chi connectivity index (χ3n) is 2.39. The molecule has 0 bridgehead atoms. The minimum atomic E-state index is -3.34. The summed E-state index contributed by atoms with van der Waals surface area (Å²) in [6, 6.07) is 6.46. The van der Waals surface area contributed by atoms with Crippen molar-refractivity contribution in [1.29, 1.82) is 0 Å². The second-order valence-electron chi connectivity index (χ2n) is 4.18. The van der Waals surface area contributed by atoms with E-state index in [1.807, 2.05) is 6.92 Å². The zero-order chi connectivity index (χ0) is 15.0. The highest BCUT2D eigenvalue weighted by Crippen LogP contribution is 2.18. The minimum Gasteiger partial charge on any atom is -0.485 e. The summed E-state index contributed by atoms with van der Waals surface area (Å²) in [5.41, 5.74) is 5.69. The number of rotatable bonds is 8. The van der Waals surface area contributed by atoms with Gasteiger partial charge < -0.3 is 15.7 Å². The van der Waals surface area contributed by atoms with E-state index in [1.54, 1.807) is 18.2 Å². The van der Waals surface area contributed by atoms with Gasteiger partial charge in [0.25, 0.3) is 0 Å². The van der Waals surface area contributed by atoms with Crippen LogP contribution in [0, 0.1) is 0 Å². The summed E-state index contributed by atoms with van der Waals surface area (Å²) in [5, 5.41) is 11.2. The average molecular weight is 301 g/mol. The number of sulfonamides is 1. The zero-order valence-corrected chi connectivity index (χ0v) is 12.1.